The number of phosphoric acid groups is 1. The minimum atomic E-state index is -4.34. The van der Waals surface area contributed by atoms with Crippen LogP contribution in [-0.4, -0.2) is 73.4 Å². The Morgan fingerprint density at radius 1 is 0.446 bits per heavy atom. The lowest BCUT2D eigenvalue weighted by molar-refractivity contribution is -0.870. The number of aliphatic hydroxyl groups excluding tert-OH is 1. The molecule has 0 aromatic carbocycles. The lowest BCUT2D eigenvalue weighted by Gasteiger charge is -2.25. The van der Waals surface area contributed by atoms with Crippen LogP contribution in [0.3, 0.4) is 0 Å². The summed E-state index contributed by atoms with van der Waals surface area (Å²) >= 11 is 0. The maximum absolute atomic E-state index is 13.0. The van der Waals surface area contributed by atoms with Crippen LogP contribution in [0, 0.1) is 0 Å². The Morgan fingerprint density at radius 3 is 1.00 bits per heavy atom. The highest BCUT2D eigenvalue weighted by atomic mass is 31.2. The molecule has 0 aliphatic carbocycles. The van der Waals surface area contributed by atoms with E-state index >= 15 is 0 Å². The number of rotatable bonds is 62. The summed E-state index contributed by atoms with van der Waals surface area (Å²) in [5.74, 6) is -0.170. The number of phosphoric ester groups is 1. The first kappa shape index (κ1) is 73.2. The molecule has 0 fully saturated rings. The Labute approximate surface area is 462 Å². The second kappa shape index (κ2) is 56.9. The highest BCUT2D eigenvalue weighted by Gasteiger charge is 2.28. The topological polar surface area (TPSA) is 105 Å². The summed E-state index contributed by atoms with van der Waals surface area (Å²) in [6.07, 6.45) is 72.3. The van der Waals surface area contributed by atoms with E-state index in [0.717, 1.165) is 38.5 Å². The van der Waals surface area contributed by atoms with Gasteiger partial charge in [-0.3, -0.25) is 13.8 Å². The molecule has 0 spiro atoms. The van der Waals surface area contributed by atoms with E-state index in [1.54, 1.807) is 6.08 Å². The zero-order chi connectivity index (χ0) is 54.2. The molecule has 0 aromatic rings. The van der Waals surface area contributed by atoms with Crippen molar-refractivity contribution in [2.24, 2.45) is 0 Å². The van der Waals surface area contributed by atoms with Gasteiger partial charge in [0.15, 0.2) is 0 Å². The SMILES string of the molecule is CCCCCCCCCCCCC/C=C/C(O)C(COP(=O)(O)OCC[N+](C)(C)C)NC(=O)CCCCCCCCCCCCCCCCCCCCCCCCCCCCCCCCCCCCCCCCC. The molecule has 8 nitrogen and oxygen atoms in total. The normalized spacial score (nSPS) is 13.8. The van der Waals surface area contributed by atoms with Crippen molar-refractivity contribution < 1.29 is 32.9 Å². The predicted octanol–water partition coefficient (Wildman–Crippen LogP) is 20.6. The first-order valence-corrected chi connectivity index (χ1v) is 34.6. The van der Waals surface area contributed by atoms with E-state index in [1.807, 2.05) is 27.2 Å². The third kappa shape index (κ3) is 58.9. The van der Waals surface area contributed by atoms with Crippen LogP contribution in [0.2, 0.25) is 0 Å². The molecule has 0 aliphatic heterocycles. The van der Waals surface area contributed by atoms with Crippen molar-refractivity contribution in [3.05, 3.63) is 12.2 Å². The average molecular weight is 1070 g/mol. The molecule has 0 heterocycles. The highest BCUT2D eigenvalue weighted by molar-refractivity contribution is 7.47. The van der Waals surface area contributed by atoms with Crippen LogP contribution in [0.5, 0.6) is 0 Å². The molecule has 1 amide bonds. The van der Waals surface area contributed by atoms with Crippen LogP contribution in [0.4, 0.5) is 0 Å². The smallest absolute Gasteiger partial charge is 0.387 e. The van der Waals surface area contributed by atoms with E-state index in [1.165, 1.54) is 289 Å². The Hall–Kier alpha value is -0.760. The average Bonchev–Trinajstić information content (AvgIpc) is 3.36. The fourth-order valence-electron chi connectivity index (χ4n) is 10.3. The summed E-state index contributed by atoms with van der Waals surface area (Å²) in [5, 5.41) is 13.9. The van der Waals surface area contributed by atoms with E-state index in [4.69, 9.17) is 9.05 Å². The summed E-state index contributed by atoms with van der Waals surface area (Å²) in [6.45, 7) is 4.86. The van der Waals surface area contributed by atoms with Gasteiger partial charge in [0.2, 0.25) is 5.91 Å². The summed E-state index contributed by atoms with van der Waals surface area (Å²) in [6, 6.07) is -0.841. The largest absolute Gasteiger partial charge is 0.472 e. The maximum atomic E-state index is 13.0. The number of aliphatic hydroxyl groups is 1. The molecule has 3 atom stereocenters. The molecule has 74 heavy (non-hydrogen) atoms. The minimum Gasteiger partial charge on any atom is -0.387 e. The maximum Gasteiger partial charge on any atom is 0.472 e. The second-order valence-corrected chi connectivity index (χ2v) is 25.7. The van der Waals surface area contributed by atoms with Crippen molar-refractivity contribution in [2.75, 3.05) is 40.9 Å². The van der Waals surface area contributed by atoms with Gasteiger partial charge >= 0.3 is 7.82 Å². The molecule has 0 rings (SSSR count). The van der Waals surface area contributed by atoms with Gasteiger partial charge in [-0.05, 0) is 19.3 Å². The minimum absolute atomic E-state index is 0.0650. The van der Waals surface area contributed by atoms with Gasteiger partial charge < -0.3 is 19.8 Å². The van der Waals surface area contributed by atoms with E-state index in [0.29, 0.717) is 17.4 Å². The number of nitrogens with zero attached hydrogens (tertiary/aromatic N) is 1. The van der Waals surface area contributed by atoms with Gasteiger partial charge in [-0.2, -0.15) is 0 Å². The van der Waals surface area contributed by atoms with Crippen LogP contribution in [0.1, 0.15) is 348 Å². The Balaban J connectivity index is 3.82. The first-order valence-electron chi connectivity index (χ1n) is 33.1. The van der Waals surface area contributed by atoms with Crippen LogP contribution in [-0.2, 0) is 18.4 Å². The van der Waals surface area contributed by atoms with Gasteiger partial charge in [-0.25, -0.2) is 4.57 Å². The number of hydrogen-bond donors (Lipinski definition) is 3. The van der Waals surface area contributed by atoms with E-state index in [2.05, 4.69) is 19.2 Å². The van der Waals surface area contributed by atoms with Crippen molar-refractivity contribution in [1.82, 2.24) is 5.32 Å². The lowest BCUT2D eigenvalue weighted by atomic mass is 10.0. The molecule has 0 bridgehead atoms. The van der Waals surface area contributed by atoms with Crippen LogP contribution < -0.4 is 5.32 Å². The van der Waals surface area contributed by atoms with Crippen molar-refractivity contribution in [1.29, 1.82) is 0 Å². The number of unbranched alkanes of at least 4 members (excludes halogenated alkanes) is 49. The molecule has 9 heteroatoms. The van der Waals surface area contributed by atoms with Crippen molar-refractivity contribution in [3.63, 3.8) is 0 Å². The number of allylic oxidation sites excluding steroid dienone is 1. The number of carbonyl (C=O) groups is 1. The van der Waals surface area contributed by atoms with E-state index in [9.17, 15) is 19.4 Å². The lowest BCUT2D eigenvalue weighted by Crippen LogP contribution is -2.45. The van der Waals surface area contributed by atoms with Gasteiger partial charge in [-0.15, -0.1) is 0 Å². The van der Waals surface area contributed by atoms with Crippen LogP contribution in [0.15, 0.2) is 12.2 Å². The molecular formula is C65H132N2O6P+. The molecule has 442 valence electrons. The fraction of sp³-hybridized carbons (Fsp3) is 0.954. The van der Waals surface area contributed by atoms with Gasteiger partial charge in [0.05, 0.1) is 39.9 Å². The zero-order valence-corrected chi connectivity index (χ0v) is 51.5. The predicted molar refractivity (Wildman–Crippen MR) is 323 cm³/mol. The Bertz CT molecular complexity index is 1210. The molecule has 3 N–H and O–H groups in total. The number of carbonyl (C=O) groups excluding carboxylic acids is 1. The molecular weight excluding hydrogens is 936 g/mol. The number of likely N-dealkylation sites (N-methyl/N-ethyl adjacent to an activating group) is 1. The van der Waals surface area contributed by atoms with Crippen molar-refractivity contribution in [2.45, 2.75) is 360 Å². The van der Waals surface area contributed by atoms with Gasteiger partial charge in [0.1, 0.15) is 13.2 Å². The summed E-state index contributed by atoms with van der Waals surface area (Å²) in [7, 11) is 1.59. The monoisotopic (exact) mass is 1070 g/mol. The highest BCUT2D eigenvalue weighted by Crippen LogP contribution is 2.43. The number of amides is 1. The van der Waals surface area contributed by atoms with Gasteiger partial charge in [0, 0.05) is 6.42 Å². The van der Waals surface area contributed by atoms with Crippen LogP contribution >= 0.6 is 7.82 Å². The second-order valence-electron chi connectivity index (χ2n) is 24.2. The standard InChI is InChI=1S/C65H131N2O6P/c1-6-8-10-12-14-16-18-20-21-22-23-24-25-26-27-28-29-30-31-32-33-34-35-36-37-38-39-40-41-42-43-44-45-47-49-51-53-55-57-59-65(69)66-63(62-73-74(70,71)72-61-60-67(3,4)5)64(68)58-56-54-52-50-48-46-19-17-15-13-11-9-7-2/h56,58,63-64,68H,6-55,57,59-62H2,1-5H3,(H-,66,69,70,71)/p+1/b58-56+. The van der Waals surface area contributed by atoms with E-state index < -0.39 is 20.0 Å². The molecule has 0 saturated carbocycles. The molecule has 0 aromatic heterocycles. The molecule has 3 unspecified atom stereocenters. The van der Waals surface area contributed by atoms with Crippen molar-refractivity contribution >= 4 is 13.7 Å². The first-order chi connectivity index (χ1) is 36.0. The van der Waals surface area contributed by atoms with E-state index in [-0.39, 0.29) is 19.1 Å². The number of nitrogens with one attached hydrogen (secondary N) is 1. The van der Waals surface area contributed by atoms with Gasteiger partial charge in [0.25, 0.3) is 0 Å². The quantitative estimate of drug-likeness (QED) is 0.0243. The fourth-order valence-corrected chi connectivity index (χ4v) is 11.1. The molecule has 0 saturated heterocycles. The van der Waals surface area contributed by atoms with Crippen molar-refractivity contribution in [3.8, 4) is 0 Å². The summed E-state index contributed by atoms with van der Waals surface area (Å²) in [4.78, 5) is 23.3. The van der Waals surface area contributed by atoms with Gasteiger partial charge in [-0.1, -0.05) is 334 Å². The molecule has 0 radical (unpaired) electrons. The molecule has 0 aliphatic rings. The number of hydrogen-bond acceptors (Lipinski definition) is 5. The third-order valence-electron chi connectivity index (χ3n) is 15.5. The third-order valence-corrected chi connectivity index (χ3v) is 16.5. The Kier molecular flexibility index (Phi) is 56.4. The Morgan fingerprint density at radius 2 is 0.716 bits per heavy atom. The zero-order valence-electron chi connectivity index (χ0n) is 50.6. The number of quaternary nitrogens is 1. The summed E-state index contributed by atoms with van der Waals surface area (Å²) < 4.78 is 23.7. The summed E-state index contributed by atoms with van der Waals surface area (Å²) in [5.41, 5.74) is 0. The van der Waals surface area contributed by atoms with Crippen LogP contribution in [0.25, 0.3) is 0 Å².